The van der Waals surface area contributed by atoms with E-state index >= 15 is 0 Å². The Morgan fingerprint density at radius 2 is 1.88 bits per heavy atom. The third kappa shape index (κ3) is 3.92. The smallest absolute Gasteiger partial charge is 0.243 e. The summed E-state index contributed by atoms with van der Waals surface area (Å²) in [6, 6.07) is 12.8. The number of anilines is 1. The van der Waals surface area contributed by atoms with Gasteiger partial charge in [0.25, 0.3) is 0 Å². The molecule has 7 heteroatoms. The number of carbonyl (C=O) groups is 1. The summed E-state index contributed by atoms with van der Waals surface area (Å²) in [4.78, 5) is 13.0. The van der Waals surface area contributed by atoms with Crippen LogP contribution in [0.25, 0.3) is 0 Å². The van der Waals surface area contributed by atoms with Gasteiger partial charge in [-0.1, -0.05) is 42.3 Å². The molecule has 5 nitrogen and oxygen atoms in total. The standard InChI is InChI=1S/C19H21ClN2O3S/c1-14-10-11-17(16(20)13-14)21-19(23)18-9-5-6-12-22(18)26(24,25)15-7-3-2-4-8-15/h2-4,7-8,10-11,13,18H,5-6,9,12H2,1H3,(H,21,23)/t18-/m0/s1. The lowest BCUT2D eigenvalue weighted by atomic mass is 10.0. The van der Waals surface area contributed by atoms with Crippen molar-refractivity contribution in [2.24, 2.45) is 0 Å². The number of carbonyl (C=O) groups excluding carboxylic acids is 1. The van der Waals surface area contributed by atoms with Crippen LogP contribution in [0.5, 0.6) is 0 Å². The Labute approximate surface area is 159 Å². The van der Waals surface area contributed by atoms with Crippen LogP contribution in [-0.4, -0.2) is 31.2 Å². The van der Waals surface area contributed by atoms with Crippen LogP contribution < -0.4 is 5.32 Å². The number of hydrogen-bond donors (Lipinski definition) is 1. The highest BCUT2D eigenvalue weighted by Crippen LogP contribution is 2.28. The minimum Gasteiger partial charge on any atom is -0.323 e. The molecule has 1 amide bonds. The van der Waals surface area contributed by atoms with Crippen LogP contribution in [0.1, 0.15) is 24.8 Å². The number of benzene rings is 2. The number of nitrogens with zero attached hydrogens (tertiary/aromatic N) is 1. The minimum atomic E-state index is -3.73. The summed E-state index contributed by atoms with van der Waals surface area (Å²) in [6.45, 7) is 2.24. The van der Waals surface area contributed by atoms with Crippen molar-refractivity contribution < 1.29 is 13.2 Å². The second-order valence-electron chi connectivity index (χ2n) is 6.41. The molecule has 2 aromatic carbocycles. The van der Waals surface area contributed by atoms with Crippen LogP contribution in [0.2, 0.25) is 5.02 Å². The summed E-state index contributed by atoms with van der Waals surface area (Å²) in [7, 11) is -3.73. The number of aryl methyl sites for hydroxylation is 1. The van der Waals surface area contributed by atoms with E-state index in [4.69, 9.17) is 11.6 Å². The van der Waals surface area contributed by atoms with E-state index in [1.54, 1.807) is 42.5 Å². The van der Waals surface area contributed by atoms with Crippen molar-refractivity contribution in [3.8, 4) is 0 Å². The monoisotopic (exact) mass is 392 g/mol. The molecule has 1 fully saturated rings. The lowest BCUT2D eigenvalue weighted by Gasteiger charge is -2.33. The molecule has 0 radical (unpaired) electrons. The Balaban J connectivity index is 1.86. The number of halogens is 1. The summed E-state index contributed by atoms with van der Waals surface area (Å²) < 4.78 is 27.3. The molecule has 0 aliphatic carbocycles. The molecule has 2 aromatic rings. The van der Waals surface area contributed by atoms with Crippen molar-refractivity contribution in [1.82, 2.24) is 4.31 Å². The number of hydrogen-bond acceptors (Lipinski definition) is 3. The second kappa shape index (κ2) is 7.78. The van der Waals surface area contributed by atoms with Crippen LogP contribution in [0.15, 0.2) is 53.4 Å². The van der Waals surface area contributed by atoms with Crippen molar-refractivity contribution in [3.05, 3.63) is 59.1 Å². The van der Waals surface area contributed by atoms with Gasteiger partial charge in [-0.15, -0.1) is 0 Å². The van der Waals surface area contributed by atoms with Crippen LogP contribution in [0.4, 0.5) is 5.69 Å². The van der Waals surface area contributed by atoms with E-state index in [2.05, 4.69) is 5.32 Å². The van der Waals surface area contributed by atoms with Crippen LogP contribution >= 0.6 is 11.6 Å². The van der Waals surface area contributed by atoms with Crippen molar-refractivity contribution in [2.45, 2.75) is 37.1 Å². The van der Waals surface area contributed by atoms with Gasteiger partial charge in [0, 0.05) is 6.54 Å². The fraction of sp³-hybridized carbons (Fsp3) is 0.316. The Hall–Kier alpha value is -1.89. The quantitative estimate of drug-likeness (QED) is 0.859. The highest BCUT2D eigenvalue weighted by molar-refractivity contribution is 7.89. The first-order chi connectivity index (χ1) is 12.4. The second-order valence-corrected chi connectivity index (χ2v) is 8.71. The molecule has 1 heterocycles. The molecule has 0 bridgehead atoms. The molecule has 1 aliphatic heterocycles. The summed E-state index contributed by atoms with van der Waals surface area (Å²) in [5.41, 5.74) is 1.48. The average molecular weight is 393 g/mol. The third-order valence-corrected chi connectivity index (χ3v) is 6.72. The molecular weight excluding hydrogens is 372 g/mol. The van der Waals surface area contributed by atoms with Crippen molar-refractivity contribution >= 4 is 33.2 Å². The van der Waals surface area contributed by atoms with Gasteiger partial charge in [0.15, 0.2) is 0 Å². The minimum absolute atomic E-state index is 0.202. The zero-order valence-electron chi connectivity index (χ0n) is 14.5. The van der Waals surface area contributed by atoms with Gasteiger partial charge in [-0.05, 0) is 49.6 Å². The topological polar surface area (TPSA) is 66.5 Å². The number of piperidine rings is 1. The molecule has 3 rings (SSSR count). The highest BCUT2D eigenvalue weighted by atomic mass is 35.5. The highest BCUT2D eigenvalue weighted by Gasteiger charge is 2.37. The van der Waals surface area contributed by atoms with Crippen LogP contribution in [0.3, 0.4) is 0 Å². The molecule has 0 aromatic heterocycles. The number of amides is 1. The maximum absolute atomic E-state index is 13.0. The van der Waals surface area contributed by atoms with Gasteiger partial charge in [-0.25, -0.2) is 8.42 Å². The van der Waals surface area contributed by atoms with E-state index in [0.29, 0.717) is 23.7 Å². The fourth-order valence-electron chi connectivity index (χ4n) is 3.12. The lowest BCUT2D eigenvalue weighted by molar-refractivity contribution is -0.120. The zero-order chi connectivity index (χ0) is 18.7. The van der Waals surface area contributed by atoms with Gasteiger partial charge in [0.1, 0.15) is 6.04 Å². The lowest BCUT2D eigenvalue weighted by Crippen LogP contribution is -2.49. The fourth-order valence-corrected chi connectivity index (χ4v) is 5.08. The molecule has 26 heavy (non-hydrogen) atoms. The maximum Gasteiger partial charge on any atom is 0.243 e. The number of sulfonamides is 1. The average Bonchev–Trinajstić information content (AvgIpc) is 2.64. The first-order valence-electron chi connectivity index (χ1n) is 8.53. The van der Waals surface area contributed by atoms with E-state index in [-0.39, 0.29) is 10.8 Å². The van der Waals surface area contributed by atoms with Gasteiger partial charge in [0.05, 0.1) is 15.6 Å². The van der Waals surface area contributed by atoms with Gasteiger partial charge in [-0.3, -0.25) is 4.79 Å². The summed E-state index contributed by atoms with van der Waals surface area (Å²) in [6.07, 6.45) is 2.03. The molecule has 1 saturated heterocycles. The molecule has 0 unspecified atom stereocenters. The van der Waals surface area contributed by atoms with E-state index in [1.165, 1.54) is 4.31 Å². The van der Waals surface area contributed by atoms with E-state index in [1.807, 2.05) is 13.0 Å². The van der Waals surface area contributed by atoms with E-state index in [9.17, 15) is 13.2 Å². The SMILES string of the molecule is Cc1ccc(NC(=O)[C@@H]2CCCCN2S(=O)(=O)c2ccccc2)c(Cl)c1. The first-order valence-corrected chi connectivity index (χ1v) is 10.4. The first kappa shape index (κ1) is 18.9. The largest absolute Gasteiger partial charge is 0.323 e. The molecule has 0 saturated carbocycles. The van der Waals surface area contributed by atoms with E-state index in [0.717, 1.165) is 18.4 Å². The van der Waals surface area contributed by atoms with Gasteiger partial charge < -0.3 is 5.32 Å². The van der Waals surface area contributed by atoms with Crippen molar-refractivity contribution in [1.29, 1.82) is 0 Å². The molecule has 0 spiro atoms. The third-order valence-electron chi connectivity index (χ3n) is 4.49. The normalized spacial score (nSPS) is 18.5. The van der Waals surface area contributed by atoms with Gasteiger partial charge >= 0.3 is 0 Å². The van der Waals surface area contributed by atoms with Gasteiger partial charge in [-0.2, -0.15) is 4.31 Å². The summed E-state index contributed by atoms with van der Waals surface area (Å²) in [5, 5.41) is 3.22. The molecule has 1 aliphatic rings. The Morgan fingerprint density at radius 1 is 1.15 bits per heavy atom. The van der Waals surface area contributed by atoms with Crippen molar-refractivity contribution in [3.63, 3.8) is 0 Å². The molecular formula is C19H21ClN2O3S. The Morgan fingerprint density at radius 3 is 2.58 bits per heavy atom. The Kier molecular flexibility index (Phi) is 5.65. The van der Waals surface area contributed by atoms with Crippen molar-refractivity contribution in [2.75, 3.05) is 11.9 Å². The number of nitrogens with one attached hydrogen (secondary N) is 1. The van der Waals surface area contributed by atoms with Crippen LogP contribution in [-0.2, 0) is 14.8 Å². The predicted molar refractivity (Wildman–Crippen MR) is 103 cm³/mol. The maximum atomic E-state index is 13.0. The predicted octanol–water partition coefficient (Wildman–Crippen LogP) is 3.83. The van der Waals surface area contributed by atoms with Crippen LogP contribution in [0, 0.1) is 6.92 Å². The summed E-state index contributed by atoms with van der Waals surface area (Å²) >= 11 is 6.19. The molecule has 1 atom stereocenters. The van der Waals surface area contributed by atoms with E-state index < -0.39 is 16.1 Å². The number of rotatable bonds is 4. The Bertz CT molecular complexity index is 900. The molecule has 1 N–H and O–H groups in total. The molecule has 138 valence electrons. The summed E-state index contributed by atoms with van der Waals surface area (Å²) in [5.74, 6) is -0.352. The van der Waals surface area contributed by atoms with Gasteiger partial charge in [0.2, 0.25) is 15.9 Å². The zero-order valence-corrected chi connectivity index (χ0v) is 16.1.